The Kier molecular flexibility index (Phi) is 5.46. The molecule has 2 aliphatic heterocycles. The second-order valence-electron chi connectivity index (χ2n) is 7.19. The summed E-state index contributed by atoms with van der Waals surface area (Å²) in [5.74, 6) is -2.88. The lowest BCUT2D eigenvalue weighted by Crippen LogP contribution is -2.68. The van der Waals surface area contributed by atoms with Gasteiger partial charge in [0.25, 0.3) is 0 Å². The van der Waals surface area contributed by atoms with Gasteiger partial charge >= 0.3 is 18.0 Å². The van der Waals surface area contributed by atoms with Crippen LogP contribution in [0.15, 0.2) is 48.5 Å². The summed E-state index contributed by atoms with van der Waals surface area (Å²) in [6.45, 7) is 0.0896. The maximum Gasteiger partial charge on any atom is 0.416 e. The number of hydrogen-bond acceptors (Lipinski definition) is 5. The van der Waals surface area contributed by atoms with Crippen LogP contribution in [-0.4, -0.2) is 53.6 Å². The van der Waals surface area contributed by atoms with Gasteiger partial charge < -0.3 is 10.2 Å². The molecular weight excluding hydrogens is 434 g/mol. The number of nitrogens with zero attached hydrogens (tertiary/aromatic N) is 3. The number of rotatable bonds is 4. The quantitative estimate of drug-likeness (QED) is 0.547. The fourth-order valence-corrected chi connectivity index (χ4v) is 3.52. The van der Waals surface area contributed by atoms with Gasteiger partial charge in [0, 0.05) is 24.5 Å². The molecule has 1 unspecified atom stereocenters. The van der Waals surface area contributed by atoms with E-state index in [0.29, 0.717) is 12.2 Å². The van der Waals surface area contributed by atoms with Gasteiger partial charge in [-0.25, -0.2) is 4.39 Å². The maximum atomic E-state index is 13.2. The first kappa shape index (κ1) is 21.6. The lowest BCUT2D eigenvalue weighted by molar-refractivity contribution is -0.163. The predicted octanol–water partition coefficient (Wildman–Crippen LogP) is 1.76. The number of halogens is 4. The van der Waals surface area contributed by atoms with Gasteiger partial charge in [-0.15, -0.1) is 0 Å². The molecule has 2 aromatic carbocycles. The molecule has 0 bridgehead atoms. The molecule has 3 amide bonds. The topological polar surface area (TPSA) is 85.0 Å². The predicted molar refractivity (Wildman–Crippen MR) is 104 cm³/mol. The molecule has 32 heavy (non-hydrogen) atoms. The van der Waals surface area contributed by atoms with E-state index < -0.39 is 48.1 Å². The van der Waals surface area contributed by atoms with E-state index in [0.717, 1.165) is 29.3 Å². The molecule has 2 aromatic rings. The molecule has 4 rings (SSSR count). The molecule has 168 valence electrons. The Hall–Kier alpha value is -3.67. The lowest BCUT2D eigenvalue weighted by Gasteiger charge is -2.40. The Balaban J connectivity index is 1.44. The van der Waals surface area contributed by atoms with Gasteiger partial charge in [0.15, 0.2) is 6.29 Å². The van der Waals surface area contributed by atoms with Crippen LogP contribution in [0.5, 0.6) is 0 Å². The molecule has 12 heteroatoms. The Morgan fingerprint density at radius 3 is 2.22 bits per heavy atom. The van der Waals surface area contributed by atoms with Gasteiger partial charge in [-0.3, -0.25) is 24.3 Å². The normalized spacial score (nSPS) is 18.8. The second kappa shape index (κ2) is 8.11. The molecular formula is C20H17F4N5O3. The van der Waals surface area contributed by atoms with Crippen LogP contribution in [-0.2, 0) is 20.6 Å². The maximum absolute atomic E-state index is 13.2. The van der Waals surface area contributed by atoms with Crippen molar-refractivity contribution in [1.82, 2.24) is 15.3 Å². The molecule has 2 N–H and O–H groups in total. The standard InChI is InChI=1S/C20H17F4N5O3/c21-13-3-7-15(8-4-13)27-9-10-28-17(31)18(32)29(26-19(27)28)11-16(30)25-14-5-1-12(2-6-14)20(22,23)24/h1-8,19,26H,9-11H2,(H,25,30). The van der Waals surface area contributed by atoms with Crippen molar-refractivity contribution < 1.29 is 31.9 Å². The Bertz CT molecular complexity index is 1040. The zero-order valence-electron chi connectivity index (χ0n) is 16.4. The Morgan fingerprint density at radius 2 is 1.59 bits per heavy atom. The van der Waals surface area contributed by atoms with Gasteiger partial charge in [0.05, 0.1) is 5.56 Å². The van der Waals surface area contributed by atoms with E-state index >= 15 is 0 Å². The molecule has 2 aliphatic rings. The number of anilines is 2. The van der Waals surface area contributed by atoms with Crippen LogP contribution in [0, 0.1) is 5.82 Å². The minimum absolute atomic E-state index is 0.106. The number of fused-ring (bicyclic) bond motifs is 1. The minimum Gasteiger partial charge on any atom is -0.336 e. The third-order valence-corrected chi connectivity index (χ3v) is 5.09. The number of nitrogens with one attached hydrogen (secondary N) is 2. The van der Waals surface area contributed by atoms with Crippen molar-refractivity contribution in [2.45, 2.75) is 12.5 Å². The van der Waals surface area contributed by atoms with Gasteiger partial charge in [-0.2, -0.15) is 18.6 Å². The van der Waals surface area contributed by atoms with Crippen LogP contribution >= 0.6 is 0 Å². The first-order valence-electron chi connectivity index (χ1n) is 9.51. The molecule has 0 spiro atoms. The van der Waals surface area contributed by atoms with Crippen molar-refractivity contribution in [3.8, 4) is 0 Å². The summed E-state index contributed by atoms with van der Waals surface area (Å²) in [4.78, 5) is 40.3. The summed E-state index contributed by atoms with van der Waals surface area (Å²) >= 11 is 0. The number of carbonyl (C=O) groups is 3. The summed E-state index contributed by atoms with van der Waals surface area (Å²) in [5.41, 5.74) is 2.67. The zero-order valence-corrected chi connectivity index (χ0v) is 16.4. The summed E-state index contributed by atoms with van der Waals surface area (Å²) in [5, 5.41) is 3.24. The van der Waals surface area contributed by atoms with Gasteiger partial charge in [0.2, 0.25) is 5.91 Å². The fraction of sp³-hybridized carbons (Fsp3) is 0.250. The lowest BCUT2D eigenvalue weighted by atomic mass is 10.2. The second-order valence-corrected chi connectivity index (χ2v) is 7.19. The van der Waals surface area contributed by atoms with Crippen LogP contribution in [0.4, 0.5) is 28.9 Å². The summed E-state index contributed by atoms with van der Waals surface area (Å²) < 4.78 is 51.2. The molecule has 1 atom stereocenters. The summed E-state index contributed by atoms with van der Waals surface area (Å²) in [6.07, 6.45) is -5.26. The fourth-order valence-electron chi connectivity index (χ4n) is 3.52. The van der Waals surface area contributed by atoms with Crippen LogP contribution < -0.4 is 15.6 Å². The summed E-state index contributed by atoms with van der Waals surface area (Å²) in [7, 11) is 0. The van der Waals surface area contributed by atoms with Crippen molar-refractivity contribution in [3.63, 3.8) is 0 Å². The SMILES string of the molecule is O=C(CN1NC2N(CCN2c2ccc(F)cc2)C(=O)C1=O)Nc1ccc(C(F)(F)F)cc1. The number of alkyl halides is 3. The summed E-state index contributed by atoms with van der Waals surface area (Å²) in [6, 6.07) is 9.41. The number of amides is 3. The van der Waals surface area contributed by atoms with E-state index in [2.05, 4.69) is 10.7 Å². The van der Waals surface area contributed by atoms with Crippen LogP contribution in [0.2, 0.25) is 0 Å². The van der Waals surface area contributed by atoms with E-state index in [-0.39, 0.29) is 12.2 Å². The third kappa shape index (κ3) is 4.21. The van der Waals surface area contributed by atoms with Crippen molar-refractivity contribution in [3.05, 3.63) is 59.9 Å². The van der Waals surface area contributed by atoms with E-state index in [9.17, 15) is 31.9 Å². The van der Waals surface area contributed by atoms with Crippen LogP contribution in [0.1, 0.15) is 5.56 Å². The molecule has 0 aliphatic carbocycles. The van der Waals surface area contributed by atoms with Crippen LogP contribution in [0.25, 0.3) is 0 Å². The monoisotopic (exact) mass is 451 g/mol. The third-order valence-electron chi connectivity index (χ3n) is 5.09. The van der Waals surface area contributed by atoms with Crippen molar-refractivity contribution >= 4 is 29.1 Å². The largest absolute Gasteiger partial charge is 0.416 e. The zero-order chi connectivity index (χ0) is 23.0. The molecule has 0 radical (unpaired) electrons. The Morgan fingerprint density at radius 1 is 0.969 bits per heavy atom. The minimum atomic E-state index is -4.50. The van der Waals surface area contributed by atoms with Gasteiger partial charge in [0.1, 0.15) is 12.4 Å². The number of benzene rings is 2. The highest BCUT2D eigenvalue weighted by atomic mass is 19.4. The van der Waals surface area contributed by atoms with E-state index in [4.69, 9.17) is 0 Å². The van der Waals surface area contributed by atoms with Crippen LogP contribution in [0.3, 0.4) is 0 Å². The van der Waals surface area contributed by atoms with E-state index in [1.165, 1.54) is 29.2 Å². The molecule has 2 fully saturated rings. The molecule has 0 aromatic heterocycles. The molecule has 8 nitrogen and oxygen atoms in total. The Labute approximate surface area is 179 Å². The molecule has 2 heterocycles. The highest BCUT2D eigenvalue weighted by Gasteiger charge is 2.45. The average molecular weight is 451 g/mol. The van der Waals surface area contributed by atoms with Gasteiger partial charge in [-0.1, -0.05) is 0 Å². The van der Waals surface area contributed by atoms with Crippen molar-refractivity contribution in [1.29, 1.82) is 0 Å². The highest BCUT2D eigenvalue weighted by molar-refractivity contribution is 6.35. The highest BCUT2D eigenvalue weighted by Crippen LogP contribution is 2.30. The van der Waals surface area contributed by atoms with Gasteiger partial charge in [-0.05, 0) is 48.5 Å². The van der Waals surface area contributed by atoms with Crippen molar-refractivity contribution in [2.24, 2.45) is 0 Å². The number of hydrazine groups is 1. The van der Waals surface area contributed by atoms with E-state index in [1.54, 1.807) is 4.90 Å². The van der Waals surface area contributed by atoms with Crippen molar-refractivity contribution in [2.75, 3.05) is 29.9 Å². The smallest absolute Gasteiger partial charge is 0.336 e. The van der Waals surface area contributed by atoms with E-state index in [1.807, 2.05) is 0 Å². The molecule has 0 saturated carbocycles. The number of hydrogen-bond donors (Lipinski definition) is 2. The first-order chi connectivity index (χ1) is 15.1. The first-order valence-corrected chi connectivity index (χ1v) is 9.51. The number of carbonyl (C=O) groups excluding carboxylic acids is 3. The molecule has 2 saturated heterocycles. The average Bonchev–Trinajstić information content (AvgIpc) is 3.16.